The lowest BCUT2D eigenvalue weighted by molar-refractivity contribution is -0.384. The monoisotopic (exact) mass is 592 g/mol. The third kappa shape index (κ3) is 5.82. The Kier molecular flexibility index (Phi) is 8.22. The molecule has 1 heterocycles. The van der Waals surface area contributed by atoms with Gasteiger partial charge in [0.2, 0.25) is 0 Å². The number of anilines is 1. The van der Waals surface area contributed by atoms with Crippen molar-refractivity contribution in [2.75, 3.05) is 4.90 Å². The number of carbonyl (C=O) groups is 1. The minimum atomic E-state index is -0.614. The Morgan fingerprint density at radius 1 is 1.07 bits per heavy atom. The van der Waals surface area contributed by atoms with Crippen molar-refractivity contribution in [2.24, 2.45) is 11.1 Å². The molecule has 1 aliphatic carbocycles. The van der Waals surface area contributed by atoms with Gasteiger partial charge in [-0.2, -0.15) is 17.0 Å². The number of ketones is 1. The second-order valence-electron chi connectivity index (χ2n) is 12.3. The number of nitrogens with zero attached hydrogens (tertiary/aromatic N) is 3. The second kappa shape index (κ2) is 11.7. The van der Waals surface area contributed by atoms with Gasteiger partial charge in [-0.3, -0.25) is 19.8 Å². The predicted octanol–water partition coefficient (Wildman–Crippen LogP) is 7.89. The van der Waals surface area contributed by atoms with Crippen LogP contribution in [0.3, 0.4) is 0 Å². The van der Waals surface area contributed by atoms with Gasteiger partial charge in [0.25, 0.3) is 5.69 Å². The number of non-ortho nitro benzene ring substituents is 1. The number of aryl methyl sites for hydroxylation is 2. The SMILES string of the molecule is Cc1cc(CSCc2ccccc2)c(C)c(C2C(C#N)=C(N)N(c3cc([N+](=O)[O-])ccc3C)C3=C2C(=O)CC(C)(C)C3)c1. The minimum Gasteiger partial charge on any atom is -0.384 e. The summed E-state index contributed by atoms with van der Waals surface area (Å²) in [5.74, 6) is 1.24. The largest absolute Gasteiger partial charge is 0.384 e. The number of nitriles is 1. The molecule has 2 N–H and O–H groups in total. The summed E-state index contributed by atoms with van der Waals surface area (Å²) in [6, 6.07) is 21.6. The van der Waals surface area contributed by atoms with Crippen molar-refractivity contribution in [2.45, 2.75) is 64.9 Å². The topological polar surface area (TPSA) is 113 Å². The molecule has 1 unspecified atom stereocenters. The highest BCUT2D eigenvalue weighted by molar-refractivity contribution is 7.97. The second-order valence-corrected chi connectivity index (χ2v) is 13.3. The number of thioether (sulfide) groups is 1. The van der Waals surface area contributed by atoms with Gasteiger partial charge in [0, 0.05) is 41.3 Å². The molecule has 0 bridgehead atoms. The highest BCUT2D eigenvalue weighted by Gasteiger charge is 2.45. The smallest absolute Gasteiger partial charge is 0.271 e. The lowest BCUT2D eigenvalue weighted by Gasteiger charge is -2.44. The number of hydrogen-bond acceptors (Lipinski definition) is 7. The zero-order valence-electron chi connectivity index (χ0n) is 25.2. The van der Waals surface area contributed by atoms with Crippen LogP contribution in [0.15, 0.2) is 83.3 Å². The maximum Gasteiger partial charge on any atom is 0.271 e. The molecule has 0 saturated carbocycles. The fourth-order valence-electron chi connectivity index (χ4n) is 6.31. The van der Waals surface area contributed by atoms with Crippen molar-refractivity contribution in [3.8, 4) is 6.07 Å². The Bertz CT molecular complexity index is 1730. The van der Waals surface area contributed by atoms with Gasteiger partial charge in [-0.15, -0.1) is 0 Å². The maximum absolute atomic E-state index is 14.1. The average molecular weight is 593 g/mol. The van der Waals surface area contributed by atoms with Crippen molar-refractivity contribution >= 4 is 28.9 Å². The molecule has 0 amide bonds. The fraction of sp³-hybridized carbons (Fsp3) is 0.314. The molecule has 8 heteroatoms. The van der Waals surface area contributed by atoms with E-state index in [4.69, 9.17) is 5.73 Å². The number of carbonyl (C=O) groups excluding carboxylic acids is 1. The number of rotatable bonds is 7. The first-order valence-electron chi connectivity index (χ1n) is 14.3. The van der Waals surface area contributed by atoms with Crippen LogP contribution >= 0.6 is 11.8 Å². The Labute approximate surface area is 257 Å². The van der Waals surface area contributed by atoms with Gasteiger partial charge in [-0.25, -0.2) is 0 Å². The standard InChI is InChI=1S/C35H36N4O3S/c1-21-13-25(20-43-19-24-9-7-6-8-10-24)23(3)27(14-21)32-28(18-36)34(37)38(29-15-26(39(41)42)12-11-22(29)2)30-16-35(4,5)17-31(40)33(30)32/h6-15,32H,16-17,19-20,37H2,1-5H3. The van der Waals surface area contributed by atoms with Gasteiger partial charge >= 0.3 is 0 Å². The van der Waals surface area contributed by atoms with Gasteiger partial charge in [0.15, 0.2) is 5.78 Å². The first kappa shape index (κ1) is 30.1. The lowest BCUT2D eigenvalue weighted by atomic mass is 9.68. The third-order valence-electron chi connectivity index (χ3n) is 8.41. The molecular weight excluding hydrogens is 556 g/mol. The summed E-state index contributed by atoms with van der Waals surface area (Å²) >= 11 is 1.83. The van der Waals surface area contributed by atoms with Gasteiger partial charge in [0.1, 0.15) is 5.82 Å². The summed E-state index contributed by atoms with van der Waals surface area (Å²) in [5.41, 5.74) is 14.7. The Morgan fingerprint density at radius 3 is 2.47 bits per heavy atom. The Morgan fingerprint density at radius 2 is 1.79 bits per heavy atom. The molecule has 7 nitrogen and oxygen atoms in total. The van der Waals surface area contributed by atoms with Crippen LogP contribution in [0.5, 0.6) is 0 Å². The van der Waals surface area contributed by atoms with Crippen LogP contribution in [0.2, 0.25) is 0 Å². The van der Waals surface area contributed by atoms with Crippen LogP contribution in [-0.2, 0) is 16.3 Å². The van der Waals surface area contributed by atoms with E-state index in [1.807, 2.05) is 57.7 Å². The average Bonchev–Trinajstić information content (AvgIpc) is 2.94. The third-order valence-corrected chi connectivity index (χ3v) is 9.46. The summed E-state index contributed by atoms with van der Waals surface area (Å²) in [5, 5.41) is 22.3. The van der Waals surface area contributed by atoms with E-state index in [1.165, 1.54) is 17.7 Å². The van der Waals surface area contributed by atoms with E-state index in [0.717, 1.165) is 39.3 Å². The summed E-state index contributed by atoms with van der Waals surface area (Å²) in [7, 11) is 0. The van der Waals surface area contributed by atoms with E-state index < -0.39 is 10.8 Å². The zero-order chi connectivity index (χ0) is 31.1. The number of Topliss-reactive ketones (excluding diaryl/α,β-unsaturated/α-hetero) is 1. The molecule has 5 rings (SSSR count). The molecule has 1 atom stereocenters. The zero-order valence-corrected chi connectivity index (χ0v) is 26.0. The van der Waals surface area contributed by atoms with Crippen LogP contribution in [-0.4, -0.2) is 10.7 Å². The van der Waals surface area contributed by atoms with E-state index in [2.05, 4.69) is 37.3 Å². The number of hydrogen-bond donors (Lipinski definition) is 1. The lowest BCUT2D eigenvalue weighted by Crippen LogP contribution is -2.42. The van der Waals surface area contributed by atoms with Crippen molar-refractivity contribution in [3.63, 3.8) is 0 Å². The van der Waals surface area contributed by atoms with Crippen LogP contribution in [0.25, 0.3) is 0 Å². The Balaban J connectivity index is 1.66. The van der Waals surface area contributed by atoms with E-state index in [1.54, 1.807) is 11.0 Å². The number of benzene rings is 3. The first-order valence-corrected chi connectivity index (χ1v) is 15.5. The molecule has 0 radical (unpaired) electrons. The van der Waals surface area contributed by atoms with Crippen molar-refractivity contribution in [1.29, 1.82) is 5.26 Å². The van der Waals surface area contributed by atoms with Crippen LogP contribution < -0.4 is 10.6 Å². The molecule has 220 valence electrons. The van der Waals surface area contributed by atoms with E-state index in [0.29, 0.717) is 29.8 Å². The van der Waals surface area contributed by atoms with E-state index >= 15 is 0 Å². The Hall–Kier alpha value is -4.35. The van der Waals surface area contributed by atoms with Gasteiger partial charge in [0.05, 0.1) is 28.2 Å². The molecule has 3 aromatic rings. The first-order chi connectivity index (χ1) is 20.4. The van der Waals surface area contributed by atoms with Crippen molar-refractivity contribution < 1.29 is 9.72 Å². The summed E-state index contributed by atoms with van der Waals surface area (Å²) in [6.45, 7) is 10.0. The van der Waals surface area contributed by atoms with Gasteiger partial charge in [-0.05, 0) is 60.4 Å². The van der Waals surface area contributed by atoms with Crippen LogP contribution in [0.4, 0.5) is 11.4 Å². The number of nitrogens with two attached hydrogens (primary N) is 1. The number of allylic oxidation sites excluding steroid dienone is 3. The summed E-state index contributed by atoms with van der Waals surface area (Å²) in [4.78, 5) is 27.1. The van der Waals surface area contributed by atoms with Gasteiger partial charge < -0.3 is 5.73 Å². The highest BCUT2D eigenvalue weighted by Crippen LogP contribution is 2.51. The van der Waals surface area contributed by atoms with Crippen LogP contribution in [0, 0.1) is 47.6 Å². The molecule has 3 aromatic carbocycles. The summed E-state index contributed by atoms with van der Waals surface area (Å²) in [6.07, 6.45) is 0.879. The molecule has 0 spiro atoms. The molecule has 43 heavy (non-hydrogen) atoms. The predicted molar refractivity (Wildman–Crippen MR) is 172 cm³/mol. The van der Waals surface area contributed by atoms with Gasteiger partial charge in [-0.1, -0.05) is 67.9 Å². The fourth-order valence-corrected chi connectivity index (χ4v) is 7.36. The maximum atomic E-state index is 14.1. The molecule has 0 fully saturated rings. The van der Waals surface area contributed by atoms with Crippen molar-refractivity contribution in [1.82, 2.24) is 0 Å². The van der Waals surface area contributed by atoms with E-state index in [9.17, 15) is 20.2 Å². The molecule has 0 aromatic heterocycles. The van der Waals surface area contributed by atoms with Crippen LogP contribution in [0.1, 0.15) is 66.0 Å². The molecule has 0 saturated heterocycles. The number of nitro groups is 1. The highest BCUT2D eigenvalue weighted by atomic mass is 32.2. The molecule has 1 aliphatic heterocycles. The summed E-state index contributed by atoms with van der Waals surface area (Å²) < 4.78 is 0. The minimum absolute atomic E-state index is 0.0227. The molecule has 2 aliphatic rings. The van der Waals surface area contributed by atoms with Crippen molar-refractivity contribution in [3.05, 3.63) is 127 Å². The van der Waals surface area contributed by atoms with E-state index in [-0.39, 0.29) is 28.3 Å². The number of nitro benzene ring substituents is 1. The molecular formula is C35H36N4O3S. The quantitative estimate of drug-likeness (QED) is 0.219. The normalized spacial score (nSPS) is 18.0.